The Kier molecular flexibility index (Phi) is 3.55. The van der Waals surface area contributed by atoms with Gasteiger partial charge in [0.25, 0.3) is 0 Å². The highest BCUT2D eigenvalue weighted by atomic mass is 16.5. The number of benzene rings is 1. The van der Waals surface area contributed by atoms with Crippen molar-refractivity contribution >= 4 is 0 Å². The molecule has 4 rings (SSSR count). The Morgan fingerprint density at radius 2 is 2.10 bits per heavy atom. The second-order valence-electron chi connectivity index (χ2n) is 7.50. The molecule has 2 fully saturated rings. The summed E-state index contributed by atoms with van der Waals surface area (Å²) in [5.74, 6) is 0.804. The van der Waals surface area contributed by atoms with E-state index < -0.39 is 0 Å². The zero-order valence-corrected chi connectivity index (χ0v) is 13.1. The molecule has 4 unspecified atom stereocenters. The summed E-state index contributed by atoms with van der Waals surface area (Å²) >= 11 is 0. The third-order valence-electron chi connectivity index (χ3n) is 5.80. The van der Waals surface area contributed by atoms with E-state index in [1.807, 2.05) is 0 Å². The maximum absolute atomic E-state index is 6.83. The van der Waals surface area contributed by atoms with Crippen LogP contribution in [0, 0.1) is 5.92 Å². The normalized spacial score (nSPS) is 39.4. The Hall–Kier alpha value is -0.860. The Morgan fingerprint density at radius 1 is 1.19 bits per heavy atom. The Labute approximate surface area is 128 Å². The number of fused-ring (bicyclic) bond motifs is 3. The second-order valence-corrected chi connectivity index (χ2v) is 7.50. The fraction of sp³-hybridized carbons (Fsp3) is 0.684. The molecule has 0 bridgehead atoms. The first-order chi connectivity index (χ1) is 10.3. The smallest absolute Gasteiger partial charge is 0.0988 e. The number of hydrogen-bond donors (Lipinski definition) is 1. The van der Waals surface area contributed by atoms with Gasteiger partial charge in [-0.25, -0.2) is 0 Å². The molecule has 1 aromatic carbocycles. The van der Waals surface area contributed by atoms with Crippen LogP contribution in [0.3, 0.4) is 0 Å². The minimum absolute atomic E-state index is 0.0935. The first kappa shape index (κ1) is 13.8. The summed E-state index contributed by atoms with van der Waals surface area (Å²) in [6, 6.07) is 9.46. The summed E-state index contributed by atoms with van der Waals surface area (Å²) in [4.78, 5) is 0. The van der Waals surface area contributed by atoms with Crippen molar-refractivity contribution in [3.8, 4) is 0 Å². The Morgan fingerprint density at radius 3 is 3.00 bits per heavy atom. The molecular weight excluding hydrogens is 258 g/mol. The van der Waals surface area contributed by atoms with Crippen molar-refractivity contribution in [1.82, 2.24) is 5.32 Å². The molecule has 1 saturated carbocycles. The molecule has 0 aromatic heterocycles. The van der Waals surface area contributed by atoms with E-state index >= 15 is 0 Å². The molecule has 2 heteroatoms. The molecule has 1 saturated heterocycles. The monoisotopic (exact) mass is 285 g/mol. The molecule has 3 aliphatic rings. The Bertz CT molecular complexity index is 514. The second kappa shape index (κ2) is 5.40. The predicted octanol–water partition coefficient (Wildman–Crippen LogP) is 4.00. The zero-order chi connectivity index (χ0) is 14.3. The minimum atomic E-state index is 0.0935. The molecule has 114 valence electrons. The number of rotatable bonds is 0. The molecule has 0 amide bonds. The maximum atomic E-state index is 6.83. The lowest BCUT2D eigenvalue weighted by Crippen LogP contribution is -2.57. The van der Waals surface area contributed by atoms with E-state index in [0.29, 0.717) is 6.04 Å². The van der Waals surface area contributed by atoms with Gasteiger partial charge in [-0.3, -0.25) is 0 Å². The third-order valence-corrected chi connectivity index (χ3v) is 5.80. The van der Waals surface area contributed by atoms with Crippen molar-refractivity contribution in [3.05, 3.63) is 35.4 Å². The molecule has 2 aliphatic carbocycles. The minimum Gasteiger partial charge on any atom is -0.364 e. The van der Waals surface area contributed by atoms with E-state index in [4.69, 9.17) is 4.74 Å². The maximum Gasteiger partial charge on any atom is 0.0988 e. The van der Waals surface area contributed by atoms with Crippen LogP contribution in [0.5, 0.6) is 0 Å². The highest BCUT2D eigenvalue weighted by Crippen LogP contribution is 2.44. The lowest BCUT2D eigenvalue weighted by atomic mass is 9.77. The fourth-order valence-corrected chi connectivity index (χ4v) is 4.78. The fourth-order valence-electron chi connectivity index (χ4n) is 4.78. The SMILES string of the molecule is CC1CCCC2(CNC3CCCc4ccccc4C3O2)C1. The summed E-state index contributed by atoms with van der Waals surface area (Å²) in [5.41, 5.74) is 3.05. The van der Waals surface area contributed by atoms with Gasteiger partial charge >= 0.3 is 0 Å². The van der Waals surface area contributed by atoms with Crippen molar-refractivity contribution < 1.29 is 4.74 Å². The van der Waals surface area contributed by atoms with E-state index in [2.05, 4.69) is 36.5 Å². The van der Waals surface area contributed by atoms with Crippen molar-refractivity contribution in [2.45, 2.75) is 69.6 Å². The van der Waals surface area contributed by atoms with Gasteiger partial charge in [0.1, 0.15) is 0 Å². The molecular formula is C19H27NO. The van der Waals surface area contributed by atoms with Crippen LogP contribution in [0.1, 0.15) is 62.7 Å². The van der Waals surface area contributed by atoms with Gasteiger partial charge in [0, 0.05) is 12.6 Å². The van der Waals surface area contributed by atoms with Crippen molar-refractivity contribution in [1.29, 1.82) is 0 Å². The molecule has 1 aliphatic heterocycles. The topological polar surface area (TPSA) is 21.3 Å². The van der Waals surface area contributed by atoms with E-state index in [1.54, 1.807) is 0 Å². The van der Waals surface area contributed by atoms with Crippen molar-refractivity contribution in [2.75, 3.05) is 6.54 Å². The number of nitrogens with one attached hydrogen (secondary N) is 1. The van der Waals surface area contributed by atoms with Crippen LogP contribution in [0.2, 0.25) is 0 Å². The predicted molar refractivity (Wildman–Crippen MR) is 85.4 cm³/mol. The van der Waals surface area contributed by atoms with Gasteiger partial charge < -0.3 is 10.1 Å². The van der Waals surface area contributed by atoms with Crippen LogP contribution in [-0.4, -0.2) is 18.2 Å². The summed E-state index contributed by atoms with van der Waals surface area (Å²) in [6.07, 6.45) is 9.14. The van der Waals surface area contributed by atoms with E-state index in [9.17, 15) is 0 Å². The summed E-state index contributed by atoms with van der Waals surface area (Å²) < 4.78 is 6.83. The highest BCUT2D eigenvalue weighted by molar-refractivity contribution is 5.32. The van der Waals surface area contributed by atoms with Gasteiger partial charge in [-0.05, 0) is 49.1 Å². The molecule has 21 heavy (non-hydrogen) atoms. The largest absolute Gasteiger partial charge is 0.364 e. The van der Waals surface area contributed by atoms with Crippen molar-refractivity contribution in [3.63, 3.8) is 0 Å². The van der Waals surface area contributed by atoms with Crippen LogP contribution in [0.4, 0.5) is 0 Å². The third kappa shape index (κ3) is 2.53. The first-order valence-electron chi connectivity index (χ1n) is 8.75. The van der Waals surface area contributed by atoms with E-state index in [1.165, 1.54) is 56.1 Å². The summed E-state index contributed by atoms with van der Waals surface area (Å²) in [6.45, 7) is 3.44. The Balaban J connectivity index is 1.65. The average Bonchev–Trinajstić information content (AvgIpc) is 2.66. The van der Waals surface area contributed by atoms with Gasteiger partial charge in [-0.2, -0.15) is 0 Å². The molecule has 4 atom stereocenters. The summed E-state index contributed by atoms with van der Waals surface area (Å²) in [7, 11) is 0. The van der Waals surface area contributed by atoms with Crippen LogP contribution in [0.15, 0.2) is 24.3 Å². The molecule has 0 radical (unpaired) electrons. The lowest BCUT2D eigenvalue weighted by Gasteiger charge is -2.49. The summed E-state index contributed by atoms with van der Waals surface area (Å²) in [5, 5.41) is 3.86. The van der Waals surface area contributed by atoms with Crippen LogP contribution in [-0.2, 0) is 11.2 Å². The molecule has 1 aromatic rings. The average molecular weight is 285 g/mol. The first-order valence-corrected chi connectivity index (χ1v) is 8.75. The van der Waals surface area contributed by atoms with Gasteiger partial charge in [0.15, 0.2) is 0 Å². The van der Waals surface area contributed by atoms with E-state index in [-0.39, 0.29) is 11.7 Å². The van der Waals surface area contributed by atoms with Crippen molar-refractivity contribution in [2.24, 2.45) is 5.92 Å². The van der Waals surface area contributed by atoms with Gasteiger partial charge in [-0.15, -0.1) is 0 Å². The van der Waals surface area contributed by atoms with E-state index in [0.717, 1.165) is 12.5 Å². The molecule has 1 spiro atoms. The standard InChI is InChI=1S/C19H27NO/c1-14-6-5-11-19(12-14)13-20-17-10-4-8-15-7-2-3-9-16(15)18(17)21-19/h2-3,7,9,14,17-18,20H,4-6,8,10-13H2,1H3. The van der Waals surface area contributed by atoms with Gasteiger partial charge in [0.05, 0.1) is 11.7 Å². The quantitative estimate of drug-likeness (QED) is 0.778. The lowest BCUT2D eigenvalue weighted by molar-refractivity contribution is -0.160. The number of aryl methyl sites for hydroxylation is 1. The van der Waals surface area contributed by atoms with Gasteiger partial charge in [-0.1, -0.05) is 44.0 Å². The molecule has 1 heterocycles. The number of morpholine rings is 1. The molecule has 1 N–H and O–H groups in total. The van der Waals surface area contributed by atoms with Crippen LogP contribution >= 0.6 is 0 Å². The van der Waals surface area contributed by atoms with Gasteiger partial charge in [0.2, 0.25) is 0 Å². The number of ether oxygens (including phenoxy) is 1. The van der Waals surface area contributed by atoms with Crippen LogP contribution in [0.25, 0.3) is 0 Å². The van der Waals surface area contributed by atoms with Crippen LogP contribution < -0.4 is 5.32 Å². The number of hydrogen-bond acceptors (Lipinski definition) is 2. The zero-order valence-electron chi connectivity index (χ0n) is 13.1. The molecule has 2 nitrogen and oxygen atoms in total. The highest BCUT2D eigenvalue weighted by Gasteiger charge is 2.44.